The van der Waals surface area contributed by atoms with Crippen molar-refractivity contribution in [1.82, 2.24) is 20.0 Å². The molecule has 2 amide bonds. The Bertz CT molecular complexity index is 983. The smallest absolute Gasteiger partial charge is 0.256 e. The quantitative estimate of drug-likeness (QED) is 0.689. The first-order chi connectivity index (χ1) is 12.5. The molecule has 3 aromatic rings. The van der Waals surface area contributed by atoms with Crippen molar-refractivity contribution < 1.29 is 9.59 Å². The molecule has 8 nitrogen and oxygen atoms in total. The van der Waals surface area contributed by atoms with Crippen LogP contribution in [0.1, 0.15) is 23.0 Å². The van der Waals surface area contributed by atoms with Gasteiger partial charge in [-0.2, -0.15) is 10.2 Å². The topological polar surface area (TPSA) is 95.9 Å². The van der Waals surface area contributed by atoms with Gasteiger partial charge in [0, 0.05) is 25.3 Å². The summed E-state index contributed by atoms with van der Waals surface area (Å²) in [7, 11) is 3.46. The molecule has 1 aromatic carbocycles. The molecule has 0 fully saturated rings. The Morgan fingerprint density at radius 3 is 2.65 bits per heavy atom. The molecule has 0 aliphatic rings. The molecule has 0 atom stereocenters. The van der Waals surface area contributed by atoms with Crippen molar-refractivity contribution in [2.45, 2.75) is 13.3 Å². The van der Waals surface area contributed by atoms with Crippen LogP contribution in [-0.4, -0.2) is 38.8 Å². The second kappa shape index (κ2) is 6.83. The molecule has 0 saturated carbocycles. The number of hydrogen-bond acceptors (Lipinski definition) is 4. The molecule has 0 unspecified atom stereocenters. The lowest BCUT2D eigenvalue weighted by Gasteiger charge is -2.15. The molecule has 134 valence electrons. The number of carbonyl (C=O) groups excluding carboxylic acids is 2. The van der Waals surface area contributed by atoms with Gasteiger partial charge in [-0.1, -0.05) is 13.5 Å². The SMILES string of the molecule is C=CC(=O)N(C)c1ccc(C(=O)Nc2[nH]nc3c2c(CC)nn3C)cc1. The summed E-state index contributed by atoms with van der Waals surface area (Å²) in [5.74, 6) is 0.0365. The van der Waals surface area contributed by atoms with E-state index in [4.69, 9.17) is 0 Å². The van der Waals surface area contributed by atoms with Crippen molar-refractivity contribution in [1.29, 1.82) is 0 Å². The molecule has 0 aliphatic heterocycles. The first-order valence-electron chi connectivity index (χ1n) is 8.17. The van der Waals surface area contributed by atoms with Gasteiger partial charge in [0.1, 0.15) is 5.82 Å². The molecule has 0 spiro atoms. The van der Waals surface area contributed by atoms with Crippen molar-refractivity contribution in [3.63, 3.8) is 0 Å². The number of likely N-dealkylation sites (N-methyl/N-ethyl adjacent to an activating group) is 1. The highest BCUT2D eigenvalue weighted by molar-refractivity contribution is 6.08. The molecule has 2 N–H and O–H groups in total. The summed E-state index contributed by atoms with van der Waals surface area (Å²) in [6.07, 6.45) is 1.97. The van der Waals surface area contributed by atoms with Crippen molar-refractivity contribution in [2.24, 2.45) is 7.05 Å². The summed E-state index contributed by atoms with van der Waals surface area (Å²) in [6, 6.07) is 6.74. The Kier molecular flexibility index (Phi) is 4.57. The van der Waals surface area contributed by atoms with Crippen LogP contribution in [0.4, 0.5) is 11.5 Å². The van der Waals surface area contributed by atoms with E-state index in [1.807, 2.05) is 14.0 Å². The van der Waals surface area contributed by atoms with Crippen LogP contribution in [0.15, 0.2) is 36.9 Å². The molecule has 0 radical (unpaired) electrons. The fraction of sp³-hybridized carbons (Fsp3) is 0.222. The normalized spacial score (nSPS) is 10.7. The number of aryl methyl sites for hydroxylation is 2. The fourth-order valence-corrected chi connectivity index (χ4v) is 2.74. The number of nitrogens with one attached hydrogen (secondary N) is 2. The van der Waals surface area contributed by atoms with Gasteiger partial charge >= 0.3 is 0 Å². The number of carbonyl (C=O) groups is 2. The Morgan fingerprint density at radius 2 is 2.04 bits per heavy atom. The van der Waals surface area contributed by atoms with Gasteiger partial charge in [0.05, 0.1) is 11.1 Å². The van der Waals surface area contributed by atoms with Crippen LogP contribution in [0.3, 0.4) is 0 Å². The monoisotopic (exact) mass is 352 g/mol. The maximum atomic E-state index is 12.6. The van der Waals surface area contributed by atoms with Crippen LogP contribution < -0.4 is 10.2 Å². The predicted molar refractivity (Wildman–Crippen MR) is 100 cm³/mol. The number of hydrogen-bond donors (Lipinski definition) is 2. The molecule has 0 bridgehead atoms. The van der Waals surface area contributed by atoms with Crippen LogP contribution in [0.25, 0.3) is 11.0 Å². The minimum Gasteiger partial charge on any atom is -0.312 e. The molecule has 0 saturated heterocycles. The molecule has 0 aliphatic carbocycles. The number of amides is 2. The summed E-state index contributed by atoms with van der Waals surface area (Å²) in [6.45, 7) is 5.46. The zero-order valence-electron chi connectivity index (χ0n) is 14.9. The molecule has 3 rings (SSSR count). The van der Waals surface area contributed by atoms with Crippen LogP contribution in [0.2, 0.25) is 0 Å². The number of fused-ring (bicyclic) bond motifs is 1. The van der Waals surface area contributed by atoms with E-state index in [2.05, 4.69) is 27.2 Å². The Morgan fingerprint density at radius 1 is 1.35 bits per heavy atom. The third-order valence-electron chi connectivity index (χ3n) is 4.21. The maximum Gasteiger partial charge on any atom is 0.256 e. The number of anilines is 2. The minimum absolute atomic E-state index is 0.217. The van der Waals surface area contributed by atoms with E-state index in [1.54, 1.807) is 36.0 Å². The Labute approximate surface area is 150 Å². The van der Waals surface area contributed by atoms with Crippen LogP contribution in [-0.2, 0) is 18.3 Å². The van der Waals surface area contributed by atoms with E-state index in [-0.39, 0.29) is 11.8 Å². The number of rotatable bonds is 5. The number of nitrogens with zero attached hydrogens (tertiary/aromatic N) is 4. The molecule has 26 heavy (non-hydrogen) atoms. The van der Waals surface area contributed by atoms with Crippen molar-refractivity contribution in [3.8, 4) is 0 Å². The van der Waals surface area contributed by atoms with E-state index in [0.29, 0.717) is 22.7 Å². The van der Waals surface area contributed by atoms with Gasteiger partial charge in [0.2, 0.25) is 5.91 Å². The van der Waals surface area contributed by atoms with Crippen LogP contribution in [0, 0.1) is 0 Å². The summed E-state index contributed by atoms with van der Waals surface area (Å²) in [4.78, 5) is 25.6. The zero-order chi connectivity index (χ0) is 18.8. The minimum atomic E-state index is -0.272. The van der Waals surface area contributed by atoms with Crippen molar-refractivity contribution in [2.75, 3.05) is 17.3 Å². The van der Waals surface area contributed by atoms with Gasteiger partial charge in [-0.05, 0) is 36.8 Å². The van der Waals surface area contributed by atoms with Gasteiger partial charge in [0.25, 0.3) is 5.91 Å². The maximum absolute atomic E-state index is 12.6. The van der Waals surface area contributed by atoms with Gasteiger partial charge in [-0.3, -0.25) is 14.7 Å². The number of aromatic nitrogens is 4. The average Bonchev–Trinajstić information content (AvgIpc) is 3.22. The van der Waals surface area contributed by atoms with Gasteiger partial charge in [-0.15, -0.1) is 0 Å². The zero-order valence-corrected chi connectivity index (χ0v) is 14.9. The Hall–Kier alpha value is -3.42. The number of benzene rings is 1. The van der Waals surface area contributed by atoms with E-state index >= 15 is 0 Å². The fourth-order valence-electron chi connectivity index (χ4n) is 2.74. The lowest BCUT2D eigenvalue weighted by atomic mass is 10.1. The summed E-state index contributed by atoms with van der Waals surface area (Å²) >= 11 is 0. The third kappa shape index (κ3) is 2.97. The highest BCUT2D eigenvalue weighted by Crippen LogP contribution is 2.25. The first kappa shape index (κ1) is 17.4. The van der Waals surface area contributed by atoms with Crippen LogP contribution in [0.5, 0.6) is 0 Å². The molecular formula is C18H20N6O2. The van der Waals surface area contributed by atoms with E-state index in [9.17, 15) is 9.59 Å². The van der Waals surface area contributed by atoms with Gasteiger partial charge in [-0.25, -0.2) is 4.68 Å². The third-order valence-corrected chi connectivity index (χ3v) is 4.21. The largest absolute Gasteiger partial charge is 0.312 e. The molecule has 2 aromatic heterocycles. The van der Waals surface area contributed by atoms with Gasteiger partial charge in [0.15, 0.2) is 5.65 Å². The number of H-pyrrole nitrogens is 1. The molecule has 8 heteroatoms. The van der Waals surface area contributed by atoms with Gasteiger partial charge < -0.3 is 10.2 Å². The predicted octanol–water partition coefficient (Wildman–Crippen LogP) is 2.26. The standard InChI is InChI=1S/C18H20N6O2/c1-5-13-15-16(20-21-17(15)24(4)22-13)19-18(26)11-7-9-12(10-8-11)23(3)14(25)6-2/h6-10H,2,5H2,1,3-4H3,(H2,19,20,21,26). The summed E-state index contributed by atoms with van der Waals surface area (Å²) in [5.41, 5.74) is 2.71. The second-order valence-electron chi connectivity index (χ2n) is 5.82. The lowest BCUT2D eigenvalue weighted by molar-refractivity contribution is -0.113. The second-order valence-corrected chi connectivity index (χ2v) is 5.82. The van der Waals surface area contributed by atoms with E-state index in [0.717, 1.165) is 17.5 Å². The van der Waals surface area contributed by atoms with E-state index < -0.39 is 0 Å². The molecular weight excluding hydrogens is 332 g/mol. The average molecular weight is 352 g/mol. The highest BCUT2D eigenvalue weighted by Gasteiger charge is 2.18. The highest BCUT2D eigenvalue weighted by atomic mass is 16.2. The summed E-state index contributed by atoms with van der Waals surface area (Å²) < 4.78 is 1.68. The number of aromatic amines is 1. The molecule has 2 heterocycles. The van der Waals surface area contributed by atoms with E-state index in [1.165, 1.54) is 11.0 Å². The van der Waals surface area contributed by atoms with Crippen molar-refractivity contribution >= 4 is 34.4 Å². The van der Waals surface area contributed by atoms with Crippen molar-refractivity contribution in [3.05, 3.63) is 48.2 Å². The lowest BCUT2D eigenvalue weighted by Crippen LogP contribution is -2.23. The summed E-state index contributed by atoms with van der Waals surface area (Å²) in [5, 5.41) is 15.1. The first-order valence-corrected chi connectivity index (χ1v) is 8.17. The van der Waals surface area contributed by atoms with Crippen LogP contribution >= 0.6 is 0 Å². The Balaban J connectivity index is 1.82.